The Labute approximate surface area is 124 Å². The summed E-state index contributed by atoms with van der Waals surface area (Å²) < 4.78 is 5.03. The molecule has 1 saturated heterocycles. The lowest BCUT2D eigenvalue weighted by Gasteiger charge is -2.33. The van der Waals surface area contributed by atoms with Crippen molar-refractivity contribution < 1.29 is 9.53 Å². The first-order valence-electron chi connectivity index (χ1n) is 7.04. The summed E-state index contributed by atoms with van der Waals surface area (Å²) in [7, 11) is 1.66. The second kappa shape index (κ2) is 7.15. The summed E-state index contributed by atoms with van der Waals surface area (Å²) in [4.78, 5) is 21.8. The van der Waals surface area contributed by atoms with Gasteiger partial charge in [-0.1, -0.05) is 13.8 Å². The quantitative estimate of drug-likeness (QED) is 0.799. The van der Waals surface area contributed by atoms with Crippen molar-refractivity contribution >= 4 is 17.2 Å². The van der Waals surface area contributed by atoms with Crippen LogP contribution < -0.4 is 0 Å². The van der Waals surface area contributed by atoms with E-state index in [2.05, 4.69) is 23.7 Å². The number of aromatic nitrogens is 1. The smallest absolute Gasteiger partial charge is 0.236 e. The van der Waals surface area contributed by atoms with Crippen LogP contribution in [-0.2, 0) is 16.1 Å². The summed E-state index contributed by atoms with van der Waals surface area (Å²) in [6, 6.07) is 0. The monoisotopic (exact) mass is 297 g/mol. The summed E-state index contributed by atoms with van der Waals surface area (Å²) in [5, 5.41) is 1.17. The summed E-state index contributed by atoms with van der Waals surface area (Å²) in [5.74, 6) is 0.670. The van der Waals surface area contributed by atoms with Crippen molar-refractivity contribution in [3.8, 4) is 0 Å². The molecule has 0 unspecified atom stereocenters. The predicted molar refractivity (Wildman–Crippen MR) is 79.9 cm³/mol. The molecule has 1 fully saturated rings. The van der Waals surface area contributed by atoms with E-state index in [0.29, 0.717) is 25.6 Å². The van der Waals surface area contributed by atoms with Crippen LogP contribution in [0.25, 0.3) is 0 Å². The minimum Gasteiger partial charge on any atom is -0.383 e. The number of rotatable bonds is 6. The molecule has 20 heavy (non-hydrogen) atoms. The molecule has 1 amide bonds. The fourth-order valence-electron chi connectivity index (χ4n) is 2.21. The van der Waals surface area contributed by atoms with Crippen LogP contribution in [0.5, 0.6) is 0 Å². The van der Waals surface area contributed by atoms with Crippen molar-refractivity contribution in [1.29, 1.82) is 0 Å². The molecule has 0 bridgehead atoms. The average Bonchev–Trinajstić information content (AvgIpc) is 2.86. The number of carbonyl (C=O) groups is 1. The fourth-order valence-corrected chi connectivity index (χ4v) is 3.18. The summed E-state index contributed by atoms with van der Waals surface area (Å²) >= 11 is 1.75. The average molecular weight is 297 g/mol. The van der Waals surface area contributed by atoms with E-state index in [1.807, 2.05) is 11.1 Å². The van der Waals surface area contributed by atoms with Gasteiger partial charge in [0.15, 0.2) is 0 Å². The van der Waals surface area contributed by atoms with Gasteiger partial charge in [-0.2, -0.15) is 0 Å². The van der Waals surface area contributed by atoms with Gasteiger partial charge in [-0.25, -0.2) is 4.98 Å². The Bertz CT molecular complexity index is 447. The first-order valence-corrected chi connectivity index (χ1v) is 7.85. The minimum absolute atomic E-state index is 0.196. The van der Waals surface area contributed by atoms with Gasteiger partial charge in [-0.05, 0) is 0 Å². The normalized spacial score (nSPS) is 17.2. The molecule has 112 valence electrons. The van der Waals surface area contributed by atoms with Crippen LogP contribution in [0.4, 0.5) is 0 Å². The van der Waals surface area contributed by atoms with Crippen LogP contribution in [0.15, 0.2) is 6.20 Å². The lowest BCUT2D eigenvalue weighted by Crippen LogP contribution is -2.50. The van der Waals surface area contributed by atoms with Gasteiger partial charge in [0.25, 0.3) is 0 Å². The number of carbonyl (C=O) groups excluding carboxylic acids is 1. The molecule has 6 heteroatoms. The van der Waals surface area contributed by atoms with Crippen molar-refractivity contribution in [1.82, 2.24) is 14.8 Å². The maximum Gasteiger partial charge on any atom is 0.236 e. The Morgan fingerprint density at radius 3 is 2.85 bits per heavy atom. The highest BCUT2D eigenvalue weighted by atomic mass is 32.1. The van der Waals surface area contributed by atoms with Crippen LogP contribution in [0.3, 0.4) is 0 Å². The number of nitrogens with zero attached hydrogens (tertiary/aromatic N) is 3. The highest BCUT2D eigenvalue weighted by Gasteiger charge is 2.24. The first kappa shape index (κ1) is 15.4. The topological polar surface area (TPSA) is 45.7 Å². The first-order chi connectivity index (χ1) is 9.60. The second-order valence-corrected chi connectivity index (χ2v) is 6.55. The van der Waals surface area contributed by atoms with E-state index in [1.54, 1.807) is 18.4 Å². The van der Waals surface area contributed by atoms with Crippen LogP contribution in [-0.4, -0.2) is 60.6 Å². The zero-order chi connectivity index (χ0) is 14.5. The van der Waals surface area contributed by atoms with Gasteiger partial charge in [0.1, 0.15) is 0 Å². The summed E-state index contributed by atoms with van der Waals surface area (Å²) in [5.41, 5.74) is 0. The Balaban J connectivity index is 1.84. The third-order valence-electron chi connectivity index (χ3n) is 3.41. The van der Waals surface area contributed by atoms with Crippen molar-refractivity contribution in [2.75, 3.05) is 39.9 Å². The molecule has 1 aromatic rings. The van der Waals surface area contributed by atoms with E-state index in [9.17, 15) is 4.79 Å². The molecule has 1 aromatic heterocycles. The van der Waals surface area contributed by atoms with E-state index >= 15 is 0 Å². The van der Waals surface area contributed by atoms with Crippen molar-refractivity contribution in [2.45, 2.75) is 26.3 Å². The lowest BCUT2D eigenvalue weighted by molar-refractivity contribution is -0.136. The van der Waals surface area contributed by atoms with Gasteiger partial charge in [0, 0.05) is 50.3 Å². The zero-order valence-corrected chi connectivity index (χ0v) is 13.3. The molecular weight excluding hydrogens is 274 g/mol. The van der Waals surface area contributed by atoms with E-state index in [1.165, 1.54) is 9.88 Å². The van der Waals surface area contributed by atoms with Crippen molar-refractivity contribution in [2.24, 2.45) is 0 Å². The third kappa shape index (κ3) is 4.01. The number of ether oxygens (including phenoxy) is 1. The number of hydrogen-bond acceptors (Lipinski definition) is 5. The Kier molecular flexibility index (Phi) is 5.51. The molecular formula is C14H23N3O2S. The van der Waals surface area contributed by atoms with E-state index < -0.39 is 0 Å². The molecule has 0 aromatic carbocycles. The van der Waals surface area contributed by atoms with Gasteiger partial charge >= 0.3 is 0 Å². The second-order valence-electron chi connectivity index (χ2n) is 5.40. The van der Waals surface area contributed by atoms with Crippen LogP contribution in [0, 0.1) is 0 Å². The molecule has 5 nitrogen and oxygen atoms in total. The SMILES string of the molecule is COCCN1CCN(Cc2cnc(C(C)C)s2)CC1=O. The summed E-state index contributed by atoms with van der Waals surface area (Å²) in [6.07, 6.45) is 1.95. The van der Waals surface area contributed by atoms with Gasteiger partial charge in [-0.15, -0.1) is 11.3 Å². The standard InChI is InChI=1S/C14H23N3O2S/c1-11(2)14-15-8-12(20-14)9-16-4-5-17(6-7-19-3)13(18)10-16/h8,11H,4-7,9-10H2,1-3H3. The molecule has 0 N–H and O–H groups in total. The van der Waals surface area contributed by atoms with E-state index in [4.69, 9.17) is 4.74 Å². The summed E-state index contributed by atoms with van der Waals surface area (Å²) in [6.45, 7) is 8.65. The lowest BCUT2D eigenvalue weighted by atomic mass is 10.2. The Morgan fingerprint density at radius 2 is 2.25 bits per heavy atom. The third-order valence-corrected chi connectivity index (χ3v) is 4.69. The Hall–Kier alpha value is -0.980. The van der Waals surface area contributed by atoms with Crippen molar-refractivity contribution in [3.05, 3.63) is 16.1 Å². The molecule has 2 heterocycles. The largest absolute Gasteiger partial charge is 0.383 e. The highest BCUT2D eigenvalue weighted by molar-refractivity contribution is 7.11. The number of methoxy groups -OCH3 is 1. The number of hydrogen-bond donors (Lipinski definition) is 0. The molecule has 2 rings (SSSR count). The number of piperazine rings is 1. The molecule has 1 aliphatic heterocycles. The molecule has 0 saturated carbocycles. The van der Waals surface area contributed by atoms with Crippen LogP contribution in [0.1, 0.15) is 29.7 Å². The predicted octanol–water partition coefficient (Wildman–Crippen LogP) is 1.56. The van der Waals surface area contributed by atoms with Gasteiger partial charge < -0.3 is 9.64 Å². The highest BCUT2D eigenvalue weighted by Crippen LogP contribution is 2.22. The molecule has 0 spiro atoms. The minimum atomic E-state index is 0.196. The molecule has 0 atom stereocenters. The molecule has 0 aliphatic carbocycles. The fraction of sp³-hybridized carbons (Fsp3) is 0.714. The zero-order valence-electron chi connectivity index (χ0n) is 12.5. The number of thiazole rings is 1. The maximum absolute atomic E-state index is 12.0. The maximum atomic E-state index is 12.0. The van der Waals surface area contributed by atoms with Crippen molar-refractivity contribution in [3.63, 3.8) is 0 Å². The van der Waals surface area contributed by atoms with Crippen LogP contribution in [0.2, 0.25) is 0 Å². The van der Waals surface area contributed by atoms with Gasteiger partial charge in [0.2, 0.25) is 5.91 Å². The number of amides is 1. The Morgan fingerprint density at radius 1 is 1.45 bits per heavy atom. The van der Waals surface area contributed by atoms with Gasteiger partial charge in [0.05, 0.1) is 18.2 Å². The van der Waals surface area contributed by atoms with Gasteiger partial charge in [-0.3, -0.25) is 9.69 Å². The van der Waals surface area contributed by atoms with E-state index in [0.717, 1.165) is 19.6 Å². The molecule has 0 radical (unpaired) electrons. The molecule has 1 aliphatic rings. The van der Waals surface area contributed by atoms with Crippen LogP contribution >= 0.6 is 11.3 Å². The van der Waals surface area contributed by atoms with E-state index in [-0.39, 0.29) is 5.91 Å².